The Bertz CT molecular complexity index is 1100. The van der Waals surface area contributed by atoms with Crippen LogP contribution in [0.2, 0.25) is 0 Å². The average Bonchev–Trinajstić information content (AvgIpc) is 3.19. The number of hydrogen-bond donors (Lipinski definition) is 0. The summed E-state index contributed by atoms with van der Waals surface area (Å²) in [5.74, 6) is -0.0200. The van der Waals surface area contributed by atoms with E-state index in [1.54, 1.807) is 11.1 Å². The Hall–Kier alpha value is -3.47. The largest absolute Gasteiger partial charge is 0.334 e. The number of benzene rings is 2. The standard InChI is InChI=1S/C27H27N3O2/c31-26-23-13-5-4-11-22(23)19-30(26)25(17-20-9-2-1-3-10-20)27(32)29-16-7-6-14-24(29)21-12-8-15-28-18-21/h1-5,8-13,15,18,24-25H,6-7,14,16-17,19H2/t24-,25+/m0/s1. The molecule has 1 fully saturated rings. The van der Waals surface area contributed by atoms with Gasteiger partial charge in [0, 0.05) is 37.5 Å². The summed E-state index contributed by atoms with van der Waals surface area (Å²) in [6.07, 6.45) is 7.12. The predicted molar refractivity (Wildman–Crippen MR) is 123 cm³/mol. The molecule has 2 aliphatic rings. The molecule has 3 aromatic rings. The molecule has 2 aromatic carbocycles. The molecule has 1 saturated heterocycles. The Kier molecular flexibility index (Phi) is 5.71. The summed E-state index contributed by atoms with van der Waals surface area (Å²) < 4.78 is 0. The zero-order valence-electron chi connectivity index (χ0n) is 18.1. The lowest BCUT2D eigenvalue weighted by molar-refractivity contribution is -0.140. The molecule has 2 aliphatic heterocycles. The molecular weight excluding hydrogens is 398 g/mol. The van der Waals surface area contributed by atoms with Crippen LogP contribution in [-0.2, 0) is 17.8 Å². The third-order valence-electron chi connectivity index (χ3n) is 6.64. The van der Waals surface area contributed by atoms with Gasteiger partial charge in [-0.15, -0.1) is 0 Å². The molecule has 0 saturated carbocycles. The molecule has 2 atom stereocenters. The van der Waals surface area contributed by atoms with Crippen molar-refractivity contribution in [3.8, 4) is 0 Å². The van der Waals surface area contributed by atoms with Gasteiger partial charge in [-0.25, -0.2) is 0 Å². The van der Waals surface area contributed by atoms with Gasteiger partial charge in [0.05, 0.1) is 6.04 Å². The van der Waals surface area contributed by atoms with E-state index in [1.165, 1.54) is 0 Å². The van der Waals surface area contributed by atoms with E-state index in [-0.39, 0.29) is 17.9 Å². The Morgan fingerprint density at radius 3 is 2.59 bits per heavy atom. The third kappa shape index (κ3) is 3.91. The molecule has 162 valence electrons. The molecule has 3 heterocycles. The van der Waals surface area contributed by atoms with Gasteiger partial charge in [-0.05, 0) is 48.1 Å². The van der Waals surface area contributed by atoms with Crippen LogP contribution in [0.1, 0.15) is 52.4 Å². The Morgan fingerprint density at radius 2 is 1.81 bits per heavy atom. The zero-order chi connectivity index (χ0) is 21.9. The molecule has 5 heteroatoms. The van der Waals surface area contributed by atoms with Gasteiger partial charge in [-0.3, -0.25) is 14.6 Å². The molecule has 0 unspecified atom stereocenters. The Labute approximate surface area is 188 Å². The number of carbonyl (C=O) groups excluding carboxylic acids is 2. The molecule has 0 spiro atoms. The normalized spacial score (nSPS) is 19.0. The fourth-order valence-corrected chi connectivity index (χ4v) is 5.00. The lowest BCUT2D eigenvalue weighted by atomic mass is 9.94. The van der Waals surface area contributed by atoms with E-state index in [4.69, 9.17) is 0 Å². The summed E-state index contributed by atoms with van der Waals surface area (Å²) in [5.41, 5.74) is 3.83. The number of carbonyl (C=O) groups is 2. The maximum atomic E-state index is 14.1. The van der Waals surface area contributed by atoms with E-state index >= 15 is 0 Å². The predicted octanol–water partition coefficient (Wildman–Crippen LogP) is 4.40. The van der Waals surface area contributed by atoms with Crippen LogP contribution in [0.25, 0.3) is 0 Å². The van der Waals surface area contributed by atoms with Gasteiger partial charge in [0.15, 0.2) is 0 Å². The van der Waals surface area contributed by atoms with Gasteiger partial charge >= 0.3 is 0 Å². The van der Waals surface area contributed by atoms with Crippen LogP contribution < -0.4 is 0 Å². The molecule has 0 N–H and O–H groups in total. The summed E-state index contributed by atoms with van der Waals surface area (Å²) in [6.45, 7) is 1.18. The maximum Gasteiger partial charge on any atom is 0.255 e. The molecule has 1 aromatic heterocycles. The van der Waals surface area contributed by atoms with Gasteiger partial charge in [-0.2, -0.15) is 0 Å². The van der Waals surface area contributed by atoms with Crippen molar-refractivity contribution in [2.75, 3.05) is 6.54 Å². The van der Waals surface area contributed by atoms with Gasteiger partial charge in [0.25, 0.3) is 5.91 Å². The van der Waals surface area contributed by atoms with Crippen molar-refractivity contribution in [1.82, 2.24) is 14.8 Å². The van der Waals surface area contributed by atoms with E-state index in [2.05, 4.69) is 4.98 Å². The van der Waals surface area contributed by atoms with Gasteiger partial charge < -0.3 is 9.80 Å². The van der Waals surface area contributed by atoms with Crippen molar-refractivity contribution in [2.45, 2.75) is 44.3 Å². The number of likely N-dealkylation sites (tertiary alicyclic amines) is 1. The molecule has 0 bridgehead atoms. The van der Waals surface area contributed by atoms with Crippen molar-refractivity contribution < 1.29 is 9.59 Å². The summed E-state index contributed by atoms with van der Waals surface area (Å²) >= 11 is 0. The van der Waals surface area contributed by atoms with Crippen LogP contribution in [0.3, 0.4) is 0 Å². The second kappa shape index (κ2) is 8.95. The highest BCUT2D eigenvalue weighted by atomic mass is 16.2. The monoisotopic (exact) mass is 425 g/mol. The van der Waals surface area contributed by atoms with E-state index in [9.17, 15) is 9.59 Å². The fraction of sp³-hybridized carbons (Fsp3) is 0.296. The second-order valence-corrected chi connectivity index (χ2v) is 8.63. The van der Waals surface area contributed by atoms with Gasteiger partial charge in [-0.1, -0.05) is 54.6 Å². The number of hydrogen-bond acceptors (Lipinski definition) is 3. The number of fused-ring (bicyclic) bond motifs is 1. The molecule has 5 rings (SSSR count). The number of rotatable bonds is 5. The molecule has 2 amide bonds. The first kappa shape index (κ1) is 20.4. The minimum atomic E-state index is -0.533. The van der Waals surface area contributed by atoms with E-state index in [0.717, 1.165) is 36.0 Å². The van der Waals surface area contributed by atoms with E-state index in [0.29, 0.717) is 25.1 Å². The first-order chi connectivity index (χ1) is 15.7. The highest BCUT2D eigenvalue weighted by Crippen LogP contribution is 2.33. The molecule has 0 aliphatic carbocycles. The Balaban J connectivity index is 1.48. The third-order valence-corrected chi connectivity index (χ3v) is 6.64. The summed E-state index contributed by atoms with van der Waals surface area (Å²) in [4.78, 5) is 35.4. The molecule has 5 nitrogen and oxygen atoms in total. The lowest BCUT2D eigenvalue weighted by Gasteiger charge is -2.40. The number of aromatic nitrogens is 1. The van der Waals surface area contributed by atoms with Crippen LogP contribution in [0.5, 0.6) is 0 Å². The fourth-order valence-electron chi connectivity index (χ4n) is 5.00. The van der Waals surface area contributed by atoms with E-state index < -0.39 is 6.04 Å². The SMILES string of the molecule is O=C1c2ccccc2CN1[C@H](Cc1ccccc1)C(=O)N1CCCC[C@H]1c1cccnc1. The minimum absolute atomic E-state index is 0.00306. The van der Waals surface area contributed by atoms with Crippen molar-refractivity contribution in [3.05, 3.63) is 101 Å². The van der Waals surface area contributed by atoms with Crippen LogP contribution in [0, 0.1) is 0 Å². The average molecular weight is 426 g/mol. The van der Waals surface area contributed by atoms with Crippen LogP contribution >= 0.6 is 0 Å². The lowest BCUT2D eigenvalue weighted by Crippen LogP contribution is -2.52. The summed E-state index contributed by atoms with van der Waals surface area (Å²) in [7, 11) is 0. The first-order valence-electron chi connectivity index (χ1n) is 11.4. The highest BCUT2D eigenvalue weighted by molar-refractivity contribution is 6.01. The highest BCUT2D eigenvalue weighted by Gasteiger charge is 2.40. The number of amides is 2. The van der Waals surface area contributed by atoms with Gasteiger partial charge in [0.1, 0.15) is 6.04 Å². The number of nitrogens with zero attached hydrogens (tertiary/aromatic N) is 3. The number of pyridine rings is 1. The topological polar surface area (TPSA) is 53.5 Å². The van der Waals surface area contributed by atoms with Crippen molar-refractivity contribution in [3.63, 3.8) is 0 Å². The van der Waals surface area contributed by atoms with Gasteiger partial charge in [0.2, 0.25) is 5.91 Å². The van der Waals surface area contributed by atoms with Crippen LogP contribution in [0.15, 0.2) is 79.1 Å². The molecule has 0 radical (unpaired) electrons. The van der Waals surface area contributed by atoms with Crippen LogP contribution in [0.4, 0.5) is 0 Å². The van der Waals surface area contributed by atoms with Crippen molar-refractivity contribution >= 4 is 11.8 Å². The maximum absolute atomic E-state index is 14.1. The summed E-state index contributed by atoms with van der Waals surface area (Å²) in [6, 6.07) is 21.1. The van der Waals surface area contributed by atoms with Crippen molar-refractivity contribution in [1.29, 1.82) is 0 Å². The summed E-state index contributed by atoms with van der Waals surface area (Å²) in [5, 5.41) is 0. The molecule has 32 heavy (non-hydrogen) atoms. The minimum Gasteiger partial charge on any atom is -0.334 e. The quantitative estimate of drug-likeness (QED) is 0.609. The van der Waals surface area contributed by atoms with Crippen molar-refractivity contribution in [2.24, 2.45) is 0 Å². The zero-order valence-corrected chi connectivity index (χ0v) is 18.1. The van der Waals surface area contributed by atoms with E-state index in [1.807, 2.05) is 77.8 Å². The molecular formula is C27H27N3O2. The Morgan fingerprint density at radius 1 is 1.00 bits per heavy atom. The smallest absolute Gasteiger partial charge is 0.255 e. The number of piperidine rings is 1. The second-order valence-electron chi connectivity index (χ2n) is 8.63. The first-order valence-corrected chi connectivity index (χ1v) is 11.4. The van der Waals surface area contributed by atoms with Crippen LogP contribution in [-0.4, -0.2) is 39.2 Å².